The summed E-state index contributed by atoms with van der Waals surface area (Å²) in [4.78, 5) is 8.63. The molecule has 2 aromatic heterocycles. The molecule has 0 spiro atoms. The monoisotopic (exact) mass is 270 g/mol. The van der Waals surface area contributed by atoms with Gasteiger partial charge in [0.2, 0.25) is 0 Å². The minimum Gasteiger partial charge on any atom is -0.383 e. The van der Waals surface area contributed by atoms with Crippen molar-refractivity contribution in [2.75, 3.05) is 13.7 Å². The highest BCUT2D eigenvalue weighted by atomic mass is 16.5. The van der Waals surface area contributed by atoms with E-state index in [1.165, 1.54) is 0 Å². The molecule has 0 radical (unpaired) electrons. The zero-order chi connectivity index (χ0) is 13.9. The highest BCUT2D eigenvalue weighted by molar-refractivity contribution is 5.92. The van der Waals surface area contributed by atoms with Crippen molar-refractivity contribution < 1.29 is 9.26 Å². The van der Waals surface area contributed by atoms with E-state index in [4.69, 9.17) is 15.0 Å². The third-order valence-electron chi connectivity index (χ3n) is 3.00. The summed E-state index contributed by atoms with van der Waals surface area (Å²) < 4.78 is 10.2. The van der Waals surface area contributed by atoms with Gasteiger partial charge in [0, 0.05) is 18.7 Å². The number of hydrogen-bond acceptors (Lipinski definition) is 6. The normalized spacial score (nSPS) is 12.7. The zero-order valence-electron chi connectivity index (χ0n) is 11.0. The van der Waals surface area contributed by atoms with Gasteiger partial charge in [-0.15, -0.1) is 0 Å². The lowest BCUT2D eigenvalue weighted by Crippen LogP contribution is -2.17. The van der Waals surface area contributed by atoms with E-state index >= 15 is 0 Å². The third-order valence-corrected chi connectivity index (χ3v) is 3.00. The molecule has 0 saturated carbocycles. The number of pyridine rings is 1. The summed E-state index contributed by atoms with van der Waals surface area (Å²) in [5, 5.41) is 5.92. The lowest BCUT2D eigenvalue weighted by Gasteiger charge is -2.03. The molecule has 2 N–H and O–H groups in total. The Balaban J connectivity index is 2.03. The van der Waals surface area contributed by atoms with Crippen LogP contribution in [0.5, 0.6) is 0 Å². The molecule has 1 atom stereocenters. The Morgan fingerprint density at radius 1 is 1.30 bits per heavy atom. The lowest BCUT2D eigenvalue weighted by atomic mass is 10.1. The second-order valence-electron chi connectivity index (χ2n) is 4.40. The van der Waals surface area contributed by atoms with Crippen molar-refractivity contribution in [1.82, 2.24) is 15.1 Å². The van der Waals surface area contributed by atoms with Crippen LogP contribution in [-0.4, -0.2) is 28.8 Å². The van der Waals surface area contributed by atoms with E-state index in [2.05, 4.69) is 15.1 Å². The highest BCUT2D eigenvalue weighted by Gasteiger charge is 2.17. The van der Waals surface area contributed by atoms with Crippen LogP contribution in [0, 0.1) is 0 Å². The molecule has 0 aliphatic carbocycles. The van der Waals surface area contributed by atoms with E-state index in [9.17, 15) is 0 Å². The van der Waals surface area contributed by atoms with E-state index in [0.717, 1.165) is 10.8 Å². The average Bonchev–Trinajstić information content (AvgIpc) is 2.97. The van der Waals surface area contributed by atoms with Crippen LogP contribution in [0.4, 0.5) is 0 Å². The number of nitrogens with zero attached hydrogens (tertiary/aromatic N) is 3. The topological polar surface area (TPSA) is 87.1 Å². The minimum absolute atomic E-state index is 0.335. The van der Waals surface area contributed by atoms with Crippen molar-refractivity contribution in [2.24, 2.45) is 5.73 Å². The molecule has 0 aliphatic rings. The van der Waals surface area contributed by atoms with Gasteiger partial charge in [-0.05, 0) is 11.5 Å². The number of nitrogens with two attached hydrogens (primary N) is 1. The molecule has 3 rings (SSSR count). The van der Waals surface area contributed by atoms with E-state index in [-0.39, 0.29) is 0 Å². The average molecular weight is 270 g/mol. The maximum Gasteiger partial charge on any atom is 0.277 e. The molecule has 3 aromatic rings. The second kappa shape index (κ2) is 5.36. The van der Waals surface area contributed by atoms with Crippen molar-refractivity contribution in [2.45, 2.75) is 6.04 Å². The standard InChI is InChI=1S/C14H14N4O2/c1-19-8-11(15)13-17-14(20-18-13)12-10-5-3-2-4-9(10)6-7-16-12/h2-7,11H,8,15H2,1H3. The van der Waals surface area contributed by atoms with Gasteiger partial charge in [-0.25, -0.2) is 0 Å². The van der Waals surface area contributed by atoms with Crippen molar-refractivity contribution >= 4 is 10.8 Å². The molecule has 2 heterocycles. The number of rotatable bonds is 4. The van der Waals surface area contributed by atoms with Gasteiger partial charge >= 0.3 is 0 Å². The quantitative estimate of drug-likeness (QED) is 0.779. The summed E-state index contributed by atoms with van der Waals surface area (Å²) >= 11 is 0. The largest absolute Gasteiger partial charge is 0.383 e. The maximum absolute atomic E-state index is 5.88. The number of aromatic nitrogens is 3. The van der Waals surface area contributed by atoms with E-state index in [1.54, 1.807) is 13.3 Å². The Morgan fingerprint density at radius 3 is 3.00 bits per heavy atom. The summed E-state index contributed by atoms with van der Waals surface area (Å²) in [6.45, 7) is 0.335. The molecule has 0 aliphatic heterocycles. The predicted molar refractivity (Wildman–Crippen MR) is 73.8 cm³/mol. The summed E-state index contributed by atoms with van der Waals surface area (Å²) in [5.41, 5.74) is 6.54. The molecule has 6 nitrogen and oxygen atoms in total. The first-order chi connectivity index (χ1) is 9.79. The molecule has 0 saturated heterocycles. The van der Waals surface area contributed by atoms with Crippen LogP contribution in [-0.2, 0) is 4.74 Å². The van der Waals surface area contributed by atoms with Gasteiger partial charge in [0.1, 0.15) is 5.69 Å². The van der Waals surface area contributed by atoms with Crippen LogP contribution in [0.3, 0.4) is 0 Å². The first-order valence-electron chi connectivity index (χ1n) is 6.22. The molecular weight excluding hydrogens is 256 g/mol. The maximum atomic E-state index is 5.88. The Kier molecular flexibility index (Phi) is 3.41. The third kappa shape index (κ3) is 2.26. The summed E-state index contributed by atoms with van der Waals surface area (Å²) in [6, 6.07) is 9.42. The van der Waals surface area contributed by atoms with E-state index < -0.39 is 6.04 Å². The second-order valence-corrected chi connectivity index (χ2v) is 4.40. The SMILES string of the molecule is COCC(N)c1noc(-c2nccc3ccccc23)n1. The van der Waals surface area contributed by atoms with Crippen molar-refractivity contribution in [1.29, 1.82) is 0 Å². The summed E-state index contributed by atoms with van der Waals surface area (Å²) in [5.74, 6) is 0.778. The minimum atomic E-state index is -0.410. The Labute approximate surface area is 115 Å². The summed E-state index contributed by atoms with van der Waals surface area (Å²) in [6.07, 6.45) is 1.72. The van der Waals surface area contributed by atoms with Crippen molar-refractivity contribution in [3.05, 3.63) is 42.4 Å². The molecule has 20 heavy (non-hydrogen) atoms. The van der Waals surface area contributed by atoms with Gasteiger partial charge in [0.25, 0.3) is 5.89 Å². The lowest BCUT2D eigenvalue weighted by molar-refractivity contribution is 0.177. The molecule has 0 amide bonds. The van der Waals surface area contributed by atoms with E-state index in [1.807, 2.05) is 30.3 Å². The van der Waals surface area contributed by atoms with Crippen LogP contribution in [0.1, 0.15) is 11.9 Å². The van der Waals surface area contributed by atoms with Gasteiger partial charge in [0.15, 0.2) is 5.82 Å². The summed E-state index contributed by atoms with van der Waals surface area (Å²) in [7, 11) is 1.58. The smallest absolute Gasteiger partial charge is 0.277 e. The van der Waals surface area contributed by atoms with Gasteiger partial charge in [0.05, 0.1) is 12.6 Å². The van der Waals surface area contributed by atoms with Gasteiger partial charge in [-0.2, -0.15) is 4.98 Å². The Bertz CT molecular complexity index is 721. The molecule has 102 valence electrons. The van der Waals surface area contributed by atoms with Crippen LogP contribution >= 0.6 is 0 Å². The predicted octanol–water partition coefficient (Wildman–Crippen LogP) is 1.93. The van der Waals surface area contributed by atoms with Crippen LogP contribution in [0.15, 0.2) is 41.1 Å². The fourth-order valence-corrected chi connectivity index (χ4v) is 2.03. The Morgan fingerprint density at radius 2 is 2.15 bits per heavy atom. The van der Waals surface area contributed by atoms with Crippen LogP contribution in [0.25, 0.3) is 22.4 Å². The van der Waals surface area contributed by atoms with Gasteiger partial charge < -0.3 is 15.0 Å². The van der Waals surface area contributed by atoms with Crippen LogP contribution in [0.2, 0.25) is 0 Å². The number of benzene rings is 1. The molecule has 0 fully saturated rings. The molecule has 1 aromatic carbocycles. The number of ether oxygens (including phenoxy) is 1. The van der Waals surface area contributed by atoms with E-state index in [0.29, 0.717) is 24.0 Å². The van der Waals surface area contributed by atoms with Crippen LogP contribution < -0.4 is 5.73 Å². The molecule has 6 heteroatoms. The van der Waals surface area contributed by atoms with Crippen molar-refractivity contribution in [3.63, 3.8) is 0 Å². The first kappa shape index (κ1) is 12.7. The highest BCUT2D eigenvalue weighted by Crippen LogP contribution is 2.25. The molecule has 1 unspecified atom stereocenters. The van der Waals surface area contributed by atoms with Gasteiger partial charge in [-0.1, -0.05) is 29.4 Å². The fraction of sp³-hybridized carbons (Fsp3) is 0.214. The van der Waals surface area contributed by atoms with Crippen molar-refractivity contribution in [3.8, 4) is 11.6 Å². The molecule has 0 bridgehead atoms. The first-order valence-corrected chi connectivity index (χ1v) is 6.22. The Hall–Kier alpha value is -2.31. The fourth-order valence-electron chi connectivity index (χ4n) is 2.03. The number of hydrogen-bond donors (Lipinski definition) is 1. The zero-order valence-corrected chi connectivity index (χ0v) is 11.0. The van der Waals surface area contributed by atoms with Gasteiger partial charge in [-0.3, -0.25) is 4.98 Å². The number of fused-ring (bicyclic) bond motifs is 1. The number of methoxy groups -OCH3 is 1. The molecular formula is C14H14N4O2.